The van der Waals surface area contributed by atoms with Crippen LogP contribution in [0.25, 0.3) is 0 Å². The first-order valence-electron chi connectivity index (χ1n) is 3.79. The van der Waals surface area contributed by atoms with Crippen molar-refractivity contribution >= 4 is 0 Å². The van der Waals surface area contributed by atoms with Crippen molar-refractivity contribution in [2.75, 3.05) is 13.2 Å². The molecule has 0 aliphatic carbocycles. The highest BCUT2D eigenvalue weighted by Gasteiger charge is 2.12. The number of aliphatic hydroxyl groups excluding tert-OH is 1. The standard InChI is InChI=1S/C8H12O3/c9-5-3-7-11-8-4-1-2-6-10-8/h8-9H,1-2,4-6H2. The summed E-state index contributed by atoms with van der Waals surface area (Å²) in [7, 11) is 0. The zero-order valence-corrected chi connectivity index (χ0v) is 6.38. The minimum absolute atomic E-state index is 0.160. The summed E-state index contributed by atoms with van der Waals surface area (Å²) in [6.07, 6.45) is 5.34. The lowest BCUT2D eigenvalue weighted by Crippen LogP contribution is -2.20. The van der Waals surface area contributed by atoms with Crippen LogP contribution in [0, 0.1) is 12.0 Å². The molecule has 0 radical (unpaired) electrons. The Morgan fingerprint density at radius 3 is 3.09 bits per heavy atom. The molecule has 1 N–H and O–H groups in total. The molecular formula is C8H12O3. The molecule has 0 aromatic carbocycles. The van der Waals surface area contributed by atoms with Crippen LogP contribution in [0.3, 0.4) is 0 Å². The van der Waals surface area contributed by atoms with Gasteiger partial charge in [0.2, 0.25) is 6.29 Å². The quantitative estimate of drug-likeness (QED) is 0.561. The van der Waals surface area contributed by atoms with Gasteiger partial charge in [0.05, 0.1) is 6.61 Å². The third-order valence-electron chi connectivity index (χ3n) is 1.48. The van der Waals surface area contributed by atoms with Crippen molar-refractivity contribution in [3.63, 3.8) is 0 Å². The van der Waals surface area contributed by atoms with Crippen LogP contribution in [0.4, 0.5) is 0 Å². The number of ether oxygens (including phenoxy) is 2. The molecule has 1 heterocycles. The zero-order chi connectivity index (χ0) is 7.94. The molecule has 0 spiro atoms. The molecule has 0 amide bonds. The van der Waals surface area contributed by atoms with Gasteiger partial charge in [0.25, 0.3) is 0 Å². The van der Waals surface area contributed by atoms with Crippen molar-refractivity contribution in [3.8, 4) is 12.0 Å². The van der Waals surface area contributed by atoms with E-state index in [2.05, 4.69) is 12.0 Å². The Hall–Kier alpha value is -0.720. The van der Waals surface area contributed by atoms with Gasteiger partial charge >= 0.3 is 0 Å². The summed E-state index contributed by atoms with van der Waals surface area (Å²) in [5.41, 5.74) is 0. The van der Waals surface area contributed by atoms with Gasteiger partial charge < -0.3 is 14.6 Å². The molecule has 11 heavy (non-hydrogen) atoms. The number of rotatable bonds is 1. The maximum absolute atomic E-state index is 8.30. The second-order valence-electron chi connectivity index (χ2n) is 2.35. The molecule has 1 aliphatic heterocycles. The second-order valence-corrected chi connectivity index (χ2v) is 2.35. The molecule has 3 heteroatoms. The van der Waals surface area contributed by atoms with Gasteiger partial charge in [-0.2, -0.15) is 0 Å². The fourth-order valence-corrected chi connectivity index (χ4v) is 0.944. The summed E-state index contributed by atoms with van der Waals surface area (Å²) in [5.74, 6) is 2.40. The van der Waals surface area contributed by atoms with Crippen molar-refractivity contribution in [1.82, 2.24) is 0 Å². The van der Waals surface area contributed by atoms with Crippen LogP contribution in [0.5, 0.6) is 0 Å². The predicted molar refractivity (Wildman–Crippen MR) is 39.5 cm³/mol. The Kier molecular flexibility index (Phi) is 3.81. The van der Waals surface area contributed by atoms with Crippen LogP contribution >= 0.6 is 0 Å². The average molecular weight is 156 g/mol. The van der Waals surface area contributed by atoms with Gasteiger partial charge in [0.1, 0.15) is 12.7 Å². The lowest BCUT2D eigenvalue weighted by molar-refractivity contribution is -0.121. The van der Waals surface area contributed by atoms with Crippen molar-refractivity contribution in [2.24, 2.45) is 0 Å². The molecule has 1 aliphatic rings. The maximum atomic E-state index is 8.30. The summed E-state index contributed by atoms with van der Waals surface area (Å²) in [6, 6.07) is 0. The van der Waals surface area contributed by atoms with Gasteiger partial charge in [-0.05, 0) is 18.8 Å². The highest BCUT2D eigenvalue weighted by Crippen LogP contribution is 2.12. The lowest BCUT2D eigenvalue weighted by atomic mass is 10.2. The van der Waals surface area contributed by atoms with Crippen molar-refractivity contribution in [2.45, 2.75) is 25.6 Å². The topological polar surface area (TPSA) is 38.7 Å². The van der Waals surface area contributed by atoms with Crippen LogP contribution in [0.15, 0.2) is 0 Å². The summed E-state index contributed by atoms with van der Waals surface area (Å²) in [4.78, 5) is 0. The highest BCUT2D eigenvalue weighted by molar-refractivity contribution is 4.90. The average Bonchev–Trinajstić information content (AvgIpc) is 2.07. The summed E-state index contributed by atoms with van der Waals surface area (Å²) in [6.45, 7) is 0.595. The Bertz CT molecular complexity index is 150. The Morgan fingerprint density at radius 1 is 1.55 bits per heavy atom. The summed E-state index contributed by atoms with van der Waals surface area (Å²) in [5, 5.41) is 8.30. The molecule has 1 saturated heterocycles. The number of aliphatic hydroxyl groups is 1. The fraction of sp³-hybridized carbons (Fsp3) is 0.750. The van der Waals surface area contributed by atoms with Crippen LogP contribution < -0.4 is 0 Å². The SMILES string of the molecule is OCC#COC1CCCCO1. The monoisotopic (exact) mass is 156 g/mol. The van der Waals surface area contributed by atoms with Gasteiger partial charge in [-0.1, -0.05) is 0 Å². The molecule has 1 unspecified atom stereocenters. The fourth-order valence-electron chi connectivity index (χ4n) is 0.944. The second kappa shape index (κ2) is 5.00. The Labute approximate surface area is 66.3 Å². The van der Waals surface area contributed by atoms with E-state index in [0.717, 1.165) is 25.9 Å². The largest absolute Gasteiger partial charge is 0.414 e. The van der Waals surface area contributed by atoms with Crippen molar-refractivity contribution in [1.29, 1.82) is 0 Å². The van der Waals surface area contributed by atoms with Gasteiger partial charge in [0, 0.05) is 6.42 Å². The van der Waals surface area contributed by atoms with Gasteiger partial charge in [0.15, 0.2) is 0 Å². The number of hydrogen-bond donors (Lipinski definition) is 1. The van der Waals surface area contributed by atoms with E-state index in [1.54, 1.807) is 0 Å². The normalized spacial score (nSPS) is 23.5. The Balaban J connectivity index is 2.14. The molecule has 0 bridgehead atoms. The molecular weight excluding hydrogens is 144 g/mol. The van der Waals surface area contributed by atoms with Crippen LogP contribution in [0.1, 0.15) is 19.3 Å². The van der Waals surface area contributed by atoms with Crippen molar-refractivity contribution < 1.29 is 14.6 Å². The van der Waals surface area contributed by atoms with E-state index >= 15 is 0 Å². The van der Waals surface area contributed by atoms with Gasteiger partial charge in [-0.15, -0.1) is 0 Å². The first-order valence-corrected chi connectivity index (χ1v) is 3.79. The van der Waals surface area contributed by atoms with Crippen LogP contribution in [-0.4, -0.2) is 24.6 Å². The summed E-state index contributed by atoms with van der Waals surface area (Å²) < 4.78 is 10.2. The van der Waals surface area contributed by atoms with Crippen LogP contribution in [0.2, 0.25) is 0 Å². The minimum Gasteiger partial charge on any atom is -0.414 e. The zero-order valence-electron chi connectivity index (χ0n) is 6.38. The first kappa shape index (κ1) is 8.38. The smallest absolute Gasteiger partial charge is 0.210 e. The predicted octanol–water partition coefficient (Wildman–Crippen LogP) is 0.483. The van der Waals surface area contributed by atoms with Crippen LogP contribution in [-0.2, 0) is 9.47 Å². The molecule has 0 aromatic rings. The third-order valence-corrected chi connectivity index (χ3v) is 1.48. The van der Waals surface area contributed by atoms with Crippen molar-refractivity contribution in [3.05, 3.63) is 0 Å². The molecule has 1 atom stereocenters. The highest BCUT2D eigenvalue weighted by atomic mass is 16.7. The maximum Gasteiger partial charge on any atom is 0.210 e. The van der Waals surface area contributed by atoms with E-state index in [1.165, 1.54) is 0 Å². The van der Waals surface area contributed by atoms with E-state index in [4.69, 9.17) is 14.6 Å². The van der Waals surface area contributed by atoms with Gasteiger partial charge in [-0.25, -0.2) is 0 Å². The lowest BCUT2D eigenvalue weighted by Gasteiger charge is -2.19. The molecule has 1 rings (SSSR count). The minimum atomic E-state index is -0.178. The molecule has 0 aromatic heterocycles. The molecule has 0 saturated carbocycles. The first-order chi connectivity index (χ1) is 5.43. The van der Waals surface area contributed by atoms with E-state index < -0.39 is 0 Å². The van der Waals surface area contributed by atoms with E-state index in [0.29, 0.717) is 0 Å². The van der Waals surface area contributed by atoms with E-state index in [9.17, 15) is 0 Å². The van der Waals surface area contributed by atoms with Gasteiger partial charge in [-0.3, -0.25) is 0 Å². The van der Waals surface area contributed by atoms with E-state index in [-0.39, 0.29) is 12.9 Å². The molecule has 62 valence electrons. The summed E-state index contributed by atoms with van der Waals surface area (Å²) >= 11 is 0. The third kappa shape index (κ3) is 3.26. The number of hydrogen-bond acceptors (Lipinski definition) is 3. The molecule has 3 nitrogen and oxygen atoms in total. The Morgan fingerprint density at radius 2 is 2.45 bits per heavy atom. The van der Waals surface area contributed by atoms with E-state index in [1.807, 2.05) is 0 Å². The molecule has 1 fully saturated rings.